The predicted molar refractivity (Wildman–Crippen MR) is 77.7 cm³/mol. The molecule has 1 atom stereocenters. The van der Waals surface area contributed by atoms with Crippen LogP contribution < -0.4 is 11.1 Å². The van der Waals surface area contributed by atoms with Crippen LogP contribution in [0.25, 0.3) is 0 Å². The van der Waals surface area contributed by atoms with Crippen molar-refractivity contribution in [2.75, 3.05) is 7.11 Å². The zero-order chi connectivity index (χ0) is 15.8. The Morgan fingerprint density at radius 3 is 2.62 bits per heavy atom. The fourth-order valence-corrected chi connectivity index (χ4v) is 1.72. The van der Waals surface area contributed by atoms with Gasteiger partial charge in [-0.2, -0.15) is 0 Å². The highest BCUT2D eigenvalue weighted by Gasteiger charge is 2.18. The van der Waals surface area contributed by atoms with Gasteiger partial charge >= 0.3 is 5.97 Å². The highest BCUT2D eigenvalue weighted by Crippen LogP contribution is 2.08. The van der Waals surface area contributed by atoms with Crippen LogP contribution in [0.15, 0.2) is 36.9 Å². The molecule has 0 bridgehead atoms. The van der Waals surface area contributed by atoms with E-state index in [4.69, 9.17) is 5.73 Å². The Morgan fingerprint density at radius 1 is 1.38 bits per heavy atom. The summed E-state index contributed by atoms with van der Waals surface area (Å²) >= 11 is 0. The first kappa shape index (κ1) is 16.4. The minimum Gasteiger partial charge on any atom is -0.465 e. The molecular formula is C15H18N2O4. The van der Waals surface area contributed by atoms with Crippen LogP contribution in [0.5, 0.6) is 0 Å². The first-order valence-corrected chi connectivity index (χ1v) is 6.39. The minimum absolute atomic E-state index is 0.253. The van der Waals surface area contributed by atoms with Crippen molar-refractivity contribution < 1.29 is 19.1 Å². The van der Waals surface area contributed by atoms with Gasteiger partial charge in [0.2, 0.25) is 5.91 Å². The number of nitrogens with two attached hydrogens (primary N) is 1. The van der Waals surface area contributed by atoms with Crippen LogP contribution in [0.3, 0.4) is 0 Å². The standard InChI is InChI=1S/C15H18N2O4/c1-3-4-8-12(13(16)18)17-14(19)10-6-5-7-11(9-10)15(20)21-2/h3,5-7,9,12H,1,4,8H2,2H3,(H2,16,18)(H,17,19)/t12-/m0/s1. The summed E-state index contributed by atoms with van der Waals surface area (Å²) in [7, 11) is 1.26. The van der Waals surface area contributed by atoms with Gasteiger partial charge in [-0.05, 0) is 31.0 Å². The van der Waals surface area contributed by atoms with E-state index in [2.05, 4.69) is 16.6 Å². The SMILES string of the molecule is C=CCC[C@H](NC(=O)c1cccc(C(=O)OC)c1)C(N)=O. The Bertz CT molecular complexity index is 554. The molecule has 3 N–H and O–H groups in total. The largest absolute Gasteiger partial charge is 0.465 e. The van der Waals surface area contributed by atoms with Crippen LogP contribution in [0, 0.1) is 0 Å². The normalized spacial score (nSPS) is 11.3. The Balaban J connectivity index is 2.84. The first-order chi connectivity index (χ1) is 9.99. The highest BCUT2D eigenvalue weighted by molar-refractivity contribution is 5.99. The van der Waals surface area contributed by atoms with Gasteiger partial charge in [-0.25, -0.2) is 4.79 Å². The van der Waals surface area contributed by atoms with Crippen molar-refractivity contribution in [2.45, 2.75) is 18.9 Å². The number of methoxy groups -OCH3 is 1. The lowest BCUT2D eigenvalue weighted by atomic mass is 10.1. The monoisotopic (exact) mass is 290 g/mol. The molecule has 0 aliphatic carbocycles. The molecule has 0 unspecified atom stereocenters. The third-order valence-corrected chi connectivity index (χ3v) is 2.85. The van der Waals surface area contributed by atoms with Crippen LogP contribution >= 0.6 is 0 Å². The van der Waals surface area contributed by atoms with Crippen LogP contribution in [-0.4, -0.2) is 30.9 Å². The second kappa shape index (κ2) is 7.84. The Kier molecular flexibility index (Phi) is 6.13. The molecule has 1 rings (SSSR count). The van der Waals surface area contributed by atoms with Gasteiger partial charge in [0, 0.05) is 5.56 Å². The van der Waals surface area contributed by atoms with Crippen LogP contribution in [0.4, 0.5) is 0 Å². The van der Waals surface area contributed by atoms with Crippen molar-refractivity contribution >= 4 is 17.8 Å². The molecule has 0 aliphatic heterocycles. The van der Waals surface area contributed by atoms with Crippen molar-refractivity contribution in [1.82, 2.24) is 5.32 Å². The zero-order valence-corrected chi connectivity index (χ0v) is 11.8. The van der Waals surface area contributed by atoms with E-state index in [-0.39, 0.29) is 11.1 Å². The second-order valence-electron chi connectivity index (χ2n) is 4.37. The summed E-state index contributed by atoms with van der Waals surface area (Å²) in [4.78, 5) is 34.8. The zero-order valence-electron chi connectivity index (χ0n) is 11.8. The maximum absolute atomic E-state index is 12.1. The number of carbonyl (C=O) groups excluding carboxylic acids is 3. The van der Waals surface area contributed by atoms with Crippen molar-refractivity contribution in [2.24, 2.45) is 5.73 Å². The lowest BCUT2D eigenvalue weighted by Crippen LogP contribution is -2.44. The third-order valence-electron chi connectivity index (χ3n) is 2.85. The minimum atomic E-state index is -0.780. The van der Waals surface area contributed by atoms with Gasteiger partial charge in [0.25, 0.3) is 5.91 Å². The molecule has 112 valence electrons. The second-order valence-corrected chi connectivity index (χ2v) is 4.37. The predicted octanol–water partition coefficient (Wildman–Crippen LogP) is 1.02. The number of primary amides is 1. The molecule has 0 saturated heterocycles. The first-order valence-electron chi connectivity index (χ1n) is 6.39. The molecule has 6 nitrogen and oxygen atoms in total. The number of esters is 1. The van der Waals surface area contributed by atoms with Gasteiger partial charge < -0.3 is 15.8 Å². The summed E-state index contributed by atoms with van der Waals surface area (Å²) < 4.78 is 4.59. The molecule has 0 spiro atoms. The van der Waals surface area contributed by atoms with Crippen molar-refractivity contribution in [3.05, 3.63) is 48.0 Å². The van der Waals surface area contributed by atoms with Gasteiger partial charge in [-0.15, -0.1) is 6.58 Å². The third kappa shape index (κ3) is 4.76. The Labute approximate surface area is 123 Å². The van der Waals surface area contributed by atoms with Crippen molar-refractivity contribution in [3.63, 3.8) is 0 Å². The van der Waals surface area contributed by atoms with Gasteiger partial charge in [0.15, 0.2) is 0 Å². The number of allylic oxidation sites excluding steroid dienone is 1. The lowest BCUT2D eigenvalue weighted by molar-refractivity contribution is -0.119. The molecule has 0 radical (unpaired) electrons. The van der Waals surface area contributed by atoms with Gasteiger partial charge in [-0.1, -0.05) is 12.1 Å². The maximum Gasteiger partial charge on any atom is 0.337 e. The molecule has 0 aromatic heterocycles. The summed E-state index contributed by atoms with van der Waals surface area (Å²) in [6.07, 6.45) is 2.57. The Morgan fingerprint density at radius 2 is 2.05 bits per heavy atom. The molecule has 0 heterocycles. The van der Waals surface area contributed by atoms with Gasteiger partial charge in [-0.3, -0.25) is 9.59 Å². The molecule has 0 fully saturated rings. The molecule has 0 aliphatic rings. The van der Waals surface area contributed by atoms with Crippen LogP contribution in [0.2, 0.25) is 0 Å². The number of nitrogens with one attached hydrogen (secondary N) is 1. The number of rotatable bonds is 7. The van der Waals surface area contributed by atoms with Crippen molar-refractivity contribution in [3.8, 4) is 0 Å². The average Bonchev–Trinajstić information content (AvgIpc) is 2.50. The summed E-state index contributed by atoms with van der Waals surface area (Å²) in [5, 5.41) is 2.54. The topological polar surface area (TPSA) is 98.5 Å². The van der Waals surface area contributed by atoms with E-state index in [1.54, 1.807) is 12.1 Å². The molecule has 1 aromatic rings. The number of amides is 2. The number of hydrogen-bond acceptors (Lipinski definition) is 4. The molecule has 0 saturated carbocycles. The number of carbonyl (C=O) groups is 3. The van der Waals surface area contributed by atoms with Gasteiger partial charge in [0.05, 0.1) is 12.7 Å². The van der Waals surface area contributed by atoms with Crippen molar-refractivity contribution in [1.29, 1.82) is 0 Å². The average molecular weight is 290 g/mol. The molecule has 2 amide bonds. The Hall–Kier alpha value is -2.63. The number of hydrogen-bond donors (Lipinski definition) is 2. The summed E-state index contributed by atoms with van der Waals surface area (Å²) in [5.74, 6) is -1.63. The molecule has 21 heavy (non-hydrogen) atoms. The van der Waals surface area contributed by atoms with E-state index in [0.717, 1.165) is 0 Å². The number of benzene rings is 1. The summed E-state index contributed by atoms with van der Waals surface area (Å²) in [5.41, 5.74) is 5.75. The molecule has 1 aromatic carbocycles. The van der Waals surface area contributed by atoms with E-state index >= 15 is 0 Å². The van der Waals surface area contributed by atoms with E-state index < -0.39 is 23.8 Å². The van der Waals surface area contributed by atoms with E-state index in [1.807, 2.05) is 0 Å². The van der Waals surface area contributed by atoms with Gasteiger partial charge in [0.1, 0.15) is 6.04 Å². The van der Waals surface area contributed by atoms with E-state index in [1.165, 1.54) is 25.3 Å². The molecular weight excluding hydrogens is 272 g/mol. The smallest absolute Gasteiger partial charge is 0.337 e. The van der Waals surface area contributed by atoms with E-state index in [9.17, 15) is 14.4 Å². The van der Waals surface area contributed by atoms with Crippen LogP contribution in [-0.2, 0) is 9.53 Å². The fourth-order valence-electron chi connectivity index (χ4n) is 1.72. The van der Waals surface area contributed by atoms with E-state index in [0.29, 0.717) is 12.8 Å². The van der Waals surface area contributed by atoms with Crippen LogP contribution in [0.1, 0.15) is 33.6 Å². The highest BCUT2D eigenvalue weighted by atomic mass is 16.5. The maximum atomic E-state index is 12.1. The number of ether oxygens (including phenoxy) is 1. The quantitative estimate of drug-likeness (QED) is 0.578. The molecule has 6 heteroatoms. The summed E-state index contributed by atoms with van der Waals surface area (Å²) in [6.45, 7) is 3.55. The summed E-state index contributed by atoms with van der Waals surface area (Å²) in [6, 6.07) is 5.24. The fraction of sp³-hybridized carbons (Fsp3) is 0.267. The lowest BCUT2D eigenvalue weighted by Gasteiger charge is -2.14.